The Balaban J connectivity index is 2.64. The lowest BCUT2D eigenvalue weighted by molar-refractivity contribution is 0.149. The minimum atomic E-state index is -0.570. The molecule has 1 atom stereocenters. The van der Waals surface area contributed by atoms with Crippen LogP contribution in [0.5, 0.6) is 0 Å². The summed E-state index contributed by atoms with van der Waals surface area (Å²) in [5.41, 5.74) is 0.557. The molecule has 0 unspecified atom stereocenters. The molecule has 0 saturated heterocycles. The van der Waals surface area contributed by atoms with E-state index in [1.165, 1.54) is 4.90 Å². The fraction of sp³-hybridized carbons (Fsp3) is 0.364. The van der Waals surface area contributed by atoms with Crippen LogP contribution >= 0.6 is 23.2 Å². The predicted molar refractivity (Wildman–Crippen MR) is 69.8 cm³/mol. The molecule has 4 nitrogen and oxygen atoms in total. The second-order valence-electron chi connectivity index (χ2n) is 3.79. The third kappa shape index (κ3) is 4.42. The number of amides is 2. The number of benzene rings is 1. The first kappa shape index (κ1) is 14.1. The summed E-state index contributed by atoms with van der Waals surface area (Å²) < 4.78 is 0. The highest BCUT2D eigenvalue weighted by atomic mass is 35.5. The van der Waals surface area contributed by atoms with Crippen LogP contribution in [0.15, 0.2) is 18.2 Å². The Labute approximate surface area is 110 Å². The molecular formula is C11H14Cl2N2O2. The van der Waals surface area contributed by atoms with Gasteiger partial charge in [0.2, 0.25) is 0 Å². The van der Waals surface area contributed by atoms with Crippen molar-refractivity contribution in [2.24, 2.45) is 0 Å². The van der Waals surface area contributed by atoms with Gasteiger partial charge in [-0.3, -0.25) is 0 Å². The van der Waals surface area contributed by atoms with Crippen molar-refractivity contribution < 1.29 is 9.90 Å². The standard InChI is InChI=1S/C11H14Cl2N2O2/c1-7(16)6-15(2)11(17)14-8-3-4-9(12)10(13)5-8/h3-5,7,16H,6H2,1-2H3,(H,14,17)/t7-/m0/s1. The third-order valence-electron chi connectivity index (χ3n) is 2.06. The predicted octanol–water partition coefficient (Wildman–Crippen LogP) is 2.84. The second-order valence-corrected chi connectivity index (χ2v) is 4.60. The van der Waals surface area contributed by atoms with Crippen LogP contribution in [0.3, 0.4) is 0 Å². The molecule has 1 rings (SSSR count). The van der Waals surface area contributed by atoms with Crippen molar-refractivity contribution in [2.45, 2.75) is 13.0 Å². The third-order valence-corrected chi connectivity index (χ3v) is 2.79. The molecule has 6 heteroatoms. The van der Waals surface area contributed by atoms with Crippen molar-refractivity contribution in [1.29, 1.82) is 0 Å². The quantitative estimate of drug-likeness (QED) is 0.892. The molecule has 1 aromatic rings. The maximum Gasteiger partial charge on any atom is 0.321 e. The van der Waals surface area contributed by atoms with Crippen molar-refractivity contribution in [2.75, 3.05) is 18.9 Å². The molecule has 2 N–H and O–H groups in total. The van der Waals surface area contributed by atoms with Crippen molar-refractivity contribution in [3.8, 4) is 0 Å². The van der Waals surface area contributed by atoms with Crippen molar-refractivity contribution >= 4 is 34.9 Å². The molecule has 0 saturated carbocycles. The fourth-order valence-corrected chi connectivity index (χ4v) is 1.57. The van der Waals surface area contributed by atoms with Gasteiger partial charge in [0, 0.05) is 19.3 Å². The van der Waals surface area contributed by atoms with Crippen molar-refractivity contribution in [1.82, 2.24) is 4.90 Å². The Morgan fingerprint density at radius 1 is 1.47 bits per heavy atom. The Bertz CT molecular complexity index is 410. The Kier molecular flexibility index (Phi) is 5.05. The SMILES string of the molecule is C[C@H](O)CN(C)C(=O)Nc1ccc(Cl)c(Cl)c1. The number of urea groups is 1. The molecule has 94 valence electrons. The van der Waals surface area contributed by atoms with E-state index < -0.39 is 6.10 Å². The number of likely N-dealkylation sites (N-methyl/N-ethyl adjacent to an activating group) is 1. The van der Waals surface area contributed by atoms with Gasteiger partial charge in [0.1, 0.15) is 0 Å². The van der Waals surface area contributed by atoms with Crippen LogP contribution in [0.25, 0.3) is 0 Å². The lowest BCUT2D eigenvalue weighted by atomic mass is 10.3. The van der Waals surface area contributed by atoms with Crippen LogP contribution in [0, 0.1) is 0 Å². The maximum atomic E-state index is 11.7. The van der Waals surface area contributed by atoms with Gasteiger partial charge < -0.3 is 15.3 Å². The molecule has 2 amide bonds. The van der Waals surface area contributed by atoms with Crippen LogP contribution in [0.4, 0.5) is 10.5 Å². The molecule has 0 spiro atoms. The summed E-state index contributed by atoms with van der Waals surface area (Å²) in [6.45, 7) is 1.87. The zero-order valence-corrected chi connectivity index (χ0v) is 11.1. The Morgan fingerprint density at radius 2 is 2.12 bits per heavy atom. The highest BCUT2D eigenvalue weighted by molar-refractivity contribution is 6.42. The number of aliphatic hydroxyl groups excluding tert-OH is 1. The summed E-state index contributed by atoms with van der Waals surface area (Å²) in [7, 11) is 1.60. The lowest BCUT2D eigenvalue weighted by Crippen LogP contribution is -2.36. The molecule has 0 radical (unpaired) electrons. The van der Waals surface area contributed by atoms with E-state index in [0.29, 0.717) is 15.7 Å². The largest absolute Gasteiger partial charge is 0.392 e. The molecule has 0 bridgehead atoms. The highest BCUT2D eigenvalue weighted by Gasteiger charge is 2.11. The maximum absolute atomic E-state index is 11.7. The van der Waals surface area contributed by atoms with Gasteiger partial charge in [-0.15, -0.1) is 0 Å². The van der Waals surface area contributed by atoms with Gasteiger partial charge >= 0.3 is 6.03 Å². The monoisotopic (exact) mass is 276 g/mol. The average molecular weight is 277 g/mol. The first-order chi connectivity index (χ1) is 7.90. The molecule has 0 heterocycles. The molecule has 17 heavy (non-hydrogen) atoms. The summed E-state index contributed by atoms with van der Waals surface area (Å²) in [5, 5.41) is 12.6. The minimum absolute atomic E-state index is 0.257. The topological polar surface area (TPSA) is 52.6 Å². The molecule has 0 fully saturated rings. The summed E-state index contributed by atoms with van der Waals surface area (Å²) in [5.74, 6) is 0. The number of nitrogens with zero attached hydrogens (tertiary/aromatic N) is 1. The van der Waals surface area contributed by atoms with Crippen LogP contribution in [0.2, 0.25) is 10.0 Å². The van der Waals surface area contributed by atoms with E-state index in [4.69, 9.17) is 28.3 Å². The van der Waals surface area contributed by atoms with Gasteiger partial charge in [0.05, 0.1) is 16.1 Å². The molecule has 1 aromatic carbocycles. The average Bonchev–Trinajstić information content (AvgIpc) is 2.22. The van der Waals surface area contributed by atoms with E-state index in [0.717, 1.165) is 0 Å². The number of hydrogen-bond acceptors (Lipinski definition) is 2. The normalized spacial score (nSPS) is 12.1. The molecule has 0 aliphatic carbocycles. The van der Waals surface area contributed by atoms with Gasteiger partial charge in [-0.2, -0.15) is 0 Å². The smallest absolute Gasteiger partial charge is 0.321 e. The van der Waals surface area contributed by atoms with Crippen LogP contribution in [-0.2, 0) is 0 Å². The first-order valence-corrected chi connectivity index (χ1v) is 5.81. The number of aliphatic hydroxyl groups is 1. The number of halogens is 2. The highest BCUT2D eigenvalue weighted by Crippen LogP contribution is 2.25. The first-order valence-electron chi connectivity index (χ1n) is 5.05. The van der Waals surface area contributed by atoms with E-state index in [9.17, 15) is 4.79 Å². The zero-order chi connectivity index (χ0) is 13.0. The van der Waals surface area contributed by atoms with Crippen LogP contribution in [0.1, 0.15) is 6.92 Å². The molecule has 0 aliphatic rings. The summed E-state index contributed by atoms with van der Waals surface area (Å²) in [6, 6.07) is 4.51. The molecular weight excluding hydrogens is 263 g/mol. The number of rotatable bonds is 3. The number of carbonyl (C=O) groups is 1. The van der Waals surface area contributed by atoms with Crippen molar-refractivity contribution in [3.63, 3.8) is 0 Å². The van der Waals surface area contributed by atoms with E-state index in [-0.39, 0.29) is 12.6 Å². The summed E-state index contributed by atoms with van der Waals surface area (Å²) in [4.78, 5) is 13.1. The number of hydrogen-bond donors (Lipinski definition) is 2. The van der Waals surface area contributed by atoms with Crippen LogP contribution < -0.4 is 5.32 Å². The summed E-state index contributed by atoms with van der Waals surface area (Å²) >= 11 is 11.6. The van der Waals surface area contributed by atoms with Gasteiger partial charge in [-0.05, 0) is 25.1 Å². The minimum Gasteiger partial charge on any atom is -0.392 e. The molecule has 0 aliphatic heterocycles. The van der Waals surface area contributed by atoms with Gasteiger partial charge in [0.15, 0.2) is 0 Å². The van der Waals surface area contributed by atoms with Crippen LogP contribution in [-0.4, -0.2) is 35.7 Å². The zero-order valence-electron chi connectivity index (χ0n) is 9.58. The van der Waals surface area contributed by atoms with E-state index >= 15 is 0 Å². The Morgan fingerprint density at radius 3 is 2.65 bits per heavy atom. The van der Waals surface area contributed by atoms with Gasteiger partial charge in [-0.1, -0.05) is 23.2 Å². The number of nitrogens with one attached hydrogen (secondary N) is 1. The summed E-state index contributed by atoms with van der Waals surface area (Å²) in [6.07, 6.45) is -0.570. The van der Waals surface area contributed by atoms with E-state index in [1.807, 2.05) is 0 Å². The number of carbonyl (C=O) groups excluding carboxylic acids is 1. The number of anilines is 1. The van der Waals surface area contributed by atoms with Crippen molar-refractivity contribution in [3.05, 3.63) is 28.2 Å². The lowest BCUT2D eigenvalue weighted by Gasteiger charge is -2.19. The van der Waals surface area contributed by atoms with E-state index in [1.54, 1.807) is 32.2 Å². The van der Waals surface area contributed by atoms with Gasteiger partial charge in [0.25, 0.3) is 0 Å². The fourth-order valence-electron chi connectivity index (χ4n) is 1.27. The van der Waals surface area contributed by atoms with Gasteiger partial charge in [-0.25, -0.2) is 4.79 Å². The van der Waals surface area contributed by atoms with E-state index in [2.05, 4.69) is 5.32 Å². The second kappa shape index (κ2) is 6.10. The Hall–Kier alpha value is -0.970. The molecule has 0 aromatic heterocycles.